The first-order valence-corrected chi connectivity index (χ1v) is 8.86. The number of carbonyl (C=O) groups is 2. The Balaban J connectivity index is 1.36. The molecule has 8 nitrogen and oxygen atoms in total. The average molecular weight is 368 g/mol. The Bertz CT molecular complexity index is 845. The minimum atomic E-state index is -0.195. The Morgan fingerprint density at radius 3 is 2.89 bits per heavy atom. The molecule has 8 heteroatoms. The van der Waals surface area contributed by atoms with E-state index in [-0.39, 0.29) is 35.5 Å². The van der Waals surface area contributed by atoms with Gasteiger partial charge in [0.25, 0.3) is 11.8 Å². The smallest absolute Gasteiger partial charge is 0.254 e. The molecular formula is C19H20N4O4. The van der Waals surface area contributed by atoms with Crippen molar-refractivity contribution >= 4 is 11.8 Å². The summed E-state index contributed by atoms with van der Waals surface area (Å²) in [4.78, 5) is 26.6. The number of benzene rings is 1. The number of carbonyl (C=O) groups excluding carboxylic acids is 2. The van der Waals surface area contributed by atoms with Crippen LogP contribution in [0.3, 0.4) is 0 Å². The standard InChI is InChI=1S/C19H20N4O4/c24-15-3-1-2-12(6-15)19(26)23-9-16-14(11-27-17(16)10-23)7-20-18(25)13-4-5-21-22-8-13/h1-6,8,14,16-17,24H,7,9-11H2,(H,20,25)/t14-,16-,17-/m1/s1. The number of amides is 2. The molecule has 0 aliphatic carbocycles. The molecule has 2 aromatic rings. The van der Waals surface area contributed by atoms with Crippen molar-refractivity contribution in [1.82, 2.24) is 20.4 Å². The van der Waals surface area contributed by atoms with E-state index < -0.39 is 0 Å². The number of phenols is 1. The lowest BCUT2D eigenvalue weighted by Crippen LogP contribution is -2.35. The van der Waals surface area contributed by atoms with Gasteiger partial charge in [-0.2, -0.15) is 10.2 Å². The second kappa shape index (κ2) is 7.32. The van der Waals surface area contributed by atoms with Crippen molar-refractivity contribution < 1.29 is 19.4 Å². The molecule has 2 N–H and O–H groups in total. The maximum atomic E-state index is 12.7. The molecule has 140 valence electrons. The van der Waals surface area contributed by atoms with Gasteiger partial charge in [0.05, 0.1) is 30.7 Å². The minimum Gasteiger partial charge on any atom is -0.508 e. The van der Waals surface area contributed by atoms with Crippen molar-refractivity contribution in [2.24, 2.45) is 11.8 Å². The van der Waals surface area contributed by atoms with Crippen LogP contribution in [0.5, 0.6) is 5.75 Å². The van der Waals surface area contributed by atoms with Gasteiger partial charge in [0, 0.05) is 37.0 Å². The molecule has 1 aromatic carbocycles. The van der Waals surface area contributed by atoms with Gasteiger partial charge in [-0.15, -0.1) is 0 Å². The lowest BCUT2D eigenvalue weighted by atomic mass is 9.93. The third kappa shape index (κ3) is 3.61. The fourth-order valence-corrected chi connectivity index (χ4v) is 3.75. The van der Waals surface area contributed by atoms with Crippen molar-refractivity contribution in [3.63, 3.8) is 0 Å². The second-order valence-electron chi connectivity index (χ2n) is 6.90. The number of fused-ring (bicyclic) bond motifs is 1. The zero-order valence-corrected chi connectivity index (χ0v) is 14.6. The van der Waals surface area contributed by atoms with Crippen LogP contribution in [0.15, 0.2) is 42.7 Å². The van der Waals surface area contributed by atoms with E-state index >= 15 is 0 Å². The summed E-state index contributed by atoms with van der Waals surface area (Å²) in [5.74, 6) is 0.0918. The van der Waals surface area contributed by atoms with E-state index in [1.807, 2.05) is 0 Å². The Kier molecular flexibility index (Phi) is 4.72. The largest absolute Gasteiger partial charge is 0.508 e. The summed E-state index contributed by atoms with van der Waals surface area (Å²) in [6.45, 7) is 2.16. The number of hydrogen-bond acceptors (Lipinski definition) is 6. The quantitative estimate of drug-likeness (QED) is 0.823. The number of likely N-dealkylation sites (tertiary alicyclic amines) is 1. The molecule has 2 fully saturated rings. The van der Waals surface area contributed by atoms with E-state index in [1.165, 1.54) is 24.5 Å². The van der Waals surface area contributed by atoms with Crippen LogP contribution in [-0.4, -0.2) is 64.4 Å². The lowest BCUT2D eigenvalue weighted by molar-refractivity contribution is 0.0674. The van der Waals surface area contributed by atoms with Gasteiger partial charge in [-0.3, -0.25) is 9.59 Å². The van der Waals surface area contributed by atoms with Crippen LogP contribution >= 0.6 is 0 Å². The number of hydrogen-bond donors (Lipinski definition) is 2. The summed E-state index contributed by atoms with van der Waals surface area (Å²) < 4.78 is 5.85. The molecule has 3 atom stereocenters. The highest BCUT2D eigenvalue weighted by Crippen LogP contribution is 2.34. The average Bonchev–Trinajstić information content (AvgIpc) is 3.27. The summed E-state index contributed by atoms with van der Waals surface area (Å²) in [6.07, 6.45) is 2.88. The Morgan fingerprint density at radius 1 is 1.22 bits per heavy atom. The molecule has 0 unspecified atom stereocenters. The summed E-state index contributed by atoms with van der Waals surface area (Å²) in [5, 5.41) is 19.9. The Labute approximate surface area is 156 Å². The van der Waals surface area contributed by atoms with Crippen LogP contribution in [0.4, 0.5) is 0 Å². The third-order valence-corrected chi connectivity index (χ3v) is 5.19. The zero-order chi connectivity index (χ0) is 18.8. The van der Waals surface area contributed by atoms with Gasteiger partial charge in [-0.05, 0) is 24.3 Å². The number of aromatic nitrogens is 2. The van der Waals surface area contributed by atoms with Crippen molar-refractivity contribution in [3.8, 4) is 5.75 Å². The molecule has 0 radical (unpaired) electrons. The number of ether oxygens (including phenoxy) is 1. The fraction of sp³-hybridized carbons (Fsp3) is 0.368. The fourth-order valence-electron chi connectivity index (χ4n) is 3.75. The molecule has 0 bridgehead atoms. The summed E-state index contributed by atoms with van der Waals surface area (Å²) in [6, 6.07) is 7.97. The van der Waals surface area contributed by atoms with Crippen LogP contribution in [0, 0.1) is 11.8 Å². The van der Waals surface area contributed by atoms with E-state index in [2.05, 4.69) is 15.5 Å². The van der Waals surface area contributed by atoms with Crippen LogP contribution < -0.4 is 5.32 Å². The van der Waals surface area contributed by atoms with Crippen molar-refractivity contribution in [3.05, 3.63) is 53.9 Å². The highest BCUT2D eigenvalue weighted by molar-refractivity contribution is 5.95. The van der Waals surface area contributed by atoms with Gasteiger partial charge in [0.15, 0.2) is 0 Å². The summed E-state index contributed by atoms with van der Waals surface area (Å²) in [5.41, 5.74) is 0.928. The van der Waals surface area contributed by atoms with Crippen molar-refractivity contribution in [2.75, 3.05) is 26.2 Å². The van der Waals surface area contributed by atoms with E-state index in [0.717, 1.165) is 0 Å². The van der Waals surface area contributed by atoms with Gasteiger partial charge >= 0.3 is 0 Å². The highest BCUT2D eigenvalue weighted by Gasteiger charge is 2.45. The van der Waals surface area contributed by atoms with E-state index in [0.29, 0.717) is 37.4 Å². The molecule has 0 spiro atoms. The van der Waals surface area contributed by atoms with Crippen LogP contribution in [0.2, 0.25) is 0 Å². The maximum absolute atomic E-state index is 12.7. The number of aromatic hydroxyl groups is 1. The minimum absolute atomic E-state index is 0.0178. The number of rotatable bonds is 4. The molecule has 3 heterocycles. The first-order chi connectivity index (χ1) is 13.1. The lowest BCUT2D eigenvalue weighted by Gasteiger charge is -2.20. The zero-order valence-electron chi connectivity index (χ0n) is 14.6. The molecule has 1 aromatic heterocycles. The molecule has 4 rings (SSSR count). The second-order valence-corrected chi connectivity index (χ2v) is 6.90. The molecular weight excluding hydrogens is 348 g/mol. The van der Waals surface area contributed by atoms with Crippen LogP contribution in [0.25, 0.3) is 0 Å². The molecule has 2 aliphatic rings. The van der Waals surface area contributed by atoms with Crippen LogP contribution in [-0.2, 0) is 4.74 Å². The molecule has 0 saturated carbocycles. The van der Waals surface area contributed by atoms with E-state index in [9.17, 15) is 14.7 Å². The predicted octanol–water partition coefficient (Wildman–Crippen LogP) is 0.699. The summed E-state index contributed by atoms with van der Waals surface area (Å²) >= 11 is 0. The molecule has 2 aliphatic heterocycles. The number of nitrogens with one attached hydrogen (secondary N) is 1. The molecule has 27 heavy (non-hydrogen) atoms. The van der Waals surface area contributed by atoms with E-state index in [1.54, 1.807) is 23.1 Å². The Morgan fingerprint density at radius 2 is 2.11 bits per heavy atom. The van der Waals surface area contributed by atoms with Gasteiger partial charge in [-0.25, -0.2) is 0 Å². The van der Waals surface area contributed by atoms with Crippen molar-refractivity contribution in [2.45, 2.75) is 6.10 Å². The molecule has 2 saturated heterocycles. The van der Waals surface area contributed by atoms with Crippen LogP contribution in [0.1, 0.15) is 20.7 Å². The SMILES string of the molecule is O=C(NC[C@@H]1CO[C@@H]2CN(C(=O)c3cccc(O)c3)C[C@H]12)c1ccnnc1. The van der Waals surface area contributed by atoms with E-state index in [4.69, 9.17) is 4.74 Å². The predicted molar refractivity (Wildman–Crippen MR) is 95.1 cm³/mol. The topological polar surface area (TPSA) is 105 Å². The number of nitrogens with zero attached hydrogens (tertiary/aromatic N) is 3. The van der Waals surface area contributed by atoms with Crippen molar-refractivity contribution in [1.29, 1.82) is 0 Å². The summed E-state index contributed by atoms with van der Waals surface area (Å²) in [7, 11) is 0. The monoisotopic (exact) mass is 368 g/mol. The van der Waals surface area contributed by atoms with Gasteiger partial charge in [0.1, 0.15) is 5.75 Å². The Hall–Kier alpha value is -3.00. The number of phenolic OH excluding ortho intramolecular Hbond substituents is 1. The first-order valence-electron chi connectivity index (χ1n) is 8.86. The third-order valence-electron chi connectivity index (χ3n) is 5.19. The van der Waals surface area contributed by atoms with Gasteiger partial charge in [-0.1, -0.05) is 6.07 Å². The normalized spacial score (nSPS) is 23.9. The highest BCUT2D eigenvalue weighted by atomic mass is 16.5. The molecule has 2 amide bonds. The first kappa shape index (κ1) is 17.4. The maximum Gasteiger partial charge on any atom is 0.254 e. The van der Waals surface area contributed by atoms with Gasteiger partial charge in [0.2, 0.25) is 0 Å². The van der Waals surface area contributed by atoms with Gasteiger partial charge < -0.3 is 20.1 Å².